The van der Waals surface area contributed by atoms with E-state index in [1.54, 1.807) is 0 Å². The molecule has 0 bridgehead atoms. The summed E-state index contributed by atoms with van der Waals surface area (Å²) >= 11 is 0. The number of carbonyl (C=O) groups is 1. The number of nitrogens with two attached hydrogens (primary N) is 1. The molecular weight excluding hydrogens is 265 g/mol. The van der Waals surface area contributed by atoms with Crippen LogP contribution in [0.3, 0.4) is 0 Å². The van der Waals surface area contributed by atoms with Gasteiger partial charge in [0.2, 0.25) is 5.91 Å². The quantitative estimate of drug-likeness (QED) is 0.752. The fourth-order valence-corrected chi connectivity index (χ4v) is 2.19. The van der Waals surface area contributed by atoms with Crippen molar-refractivity contribution in [3.05, 3.63) is 0 Å². The molecule has 1 saturated heterocycles. The molecule has 3 N–H and O–H groups in total. The Bertz CT molecular complexity index is 304. The van der Waals surface area contributed by atoms with Crippen LogP contribution in [0.25, 0.3) is 0 Å². The van der Waals surface area contributed by atoms with Gasteiger partial charge in [-0.25, -0.2) is 0 Å². The standard InChI is InChI=1S/C11H19F3N2O3/c12-11(13,14)8-16(3-4-17)9(18)10(7-15)1-5-19-6-2-10/h17H,1-8,15H2. The Morgan fingerprint density at radius 1 is 1.37 bits per heavy atom. The van der Waals surface area contributed by atoms with Gasteiger partial charge in [-0.3, -0.25) is 4.79 Å². The molecule has 0 unspecified atom stereocenters. The van der Waals surface area contributed by atoms with E-state index in [2.05, 4.69) is 0 Å². The largest absolute Gasteiger partial charge is 0.406 e. The van der Waals surface area contributed by atoms with Gasteiger partial charge in [0.05, 0.1) is 12.0 Å². The Labute approximate surface area is 109 Å². The molecule has 0 atom stereocenters. The van der Waals surface area contributed by atoms with E-state index in [1.807, 2.05) is 0 Å². The van der Waals surface area contributed by atoms with Crippen molar-refractivity contribution in [2.75, 3.05) is 39.5 Å². The summed E-state index contributed by atoms with van der Waals surface area (Å²) < 4.78 is 42.5. The van der Waals surface area contributed by atoms with Crippen LogP contribution < -0.4 is 5.73 Å². The van der Waals surface area contributed by atoms with E-state index in [1.165, 1.54) is 0 Å². The molecule has 1 amide bonds. The molecule has 0 saturated carbocycles. The zero-order valence-corrected chi connectivity index (χ0v) is 10.6. The monoisotopic (exact) mass is 284 g/mol. The van der Waals surface area contributed by atoms with Gasteiger partial charge in [0.25, 0.3) is 0 Å². The molecule has 1 heterocycles. The molecule has 0 aromatic rings. The third kappa shape index (κ3) is 4.32. The lowest BCUT2D eigenvalue weighted by Crippen LogP contribution is -2.53. The van der Waals surface area contributed by atoms with Gasteiger partial charge in [0, 0.05) is 26.3 Å². The number of rotatable bonds is 5. The lowest BCUT2D eigenvalue weighted by atomic mass is 9.79. The van der Waals surface area contributed by atoms with Crippen molar-refractivity contribution >= 4 is 5.91 Å². The number of halogens is 3. The van der Waals surface area contributed by atoms with Gasteiger partial charge in [-0.1, -0.05) is 0 Å². The molecule has 5 nitrogen and oxygen atoms in total. The Morgan fingerprint density at radius 3 is 2.37 bits per heavy atom. The number of hydrogen-bond acceptors (Lipinski definition) is 4. The second-order valence-electron chi connectivity index (χ2n) is 4.66. The zero-order chi connectivity index (χ0) is 14.5. The Hall–Kier alpha value is -0.860. The van der Waals surface area contributed by atoms with Gasteiger partial charge in [-0.2, -0.15) is 13.2 Å². The Kier molecular flexibility index (Phi) is 5.57. The number of ether oxygens (including phenoxy) is 1. The van der Waals surface area contributed by atoms with E-state index in [0.717, 1.165) is 0 Å². The highest BCUT2D eigenvalue weighted by atomic mass is 19.4. The van der Waals surface area contributed by atoms with Gasteiger partial charge < -0.3 is 20.5 Å². The van der Waals surface area contributed by atoms with Gasteiger partial charge in [-0.05, 0) is 12.8 Å². The number of aliphatic hydroxyl groups is 1. The summed E-state index contributed by atoms with van der Waals surface area (Å²) in [4.78, 5) is 12.9. The van der Waals surface area contributed by atoms with Gasteiger partial charge >= 0.3 is 6.18 Å². The molecule has 0 radical (unpaired) electrons. The smallest absolute Gasteiger partial charge is 0.395 e. The second-order valence-corrected chi connectivity index (χ2v) is 4.66. The minimum Gasteiger partial charge on any atom is -0.395 e. The van der Waals surface area contributed by atoms with Crippen LogP contribution in [0.15, 0.2) is 0 Å². The molecule has 1 fully saturated rings. The molecule has 0 aliphatic carbocycles. The predicted molar refractivity (Wildman–Crippen MR) is 61.3 cm³/mol. The highest BCUT2D eigenvalue weighted by Gasteiger charge is 2.44. The van der Waals surface area contributed by atoms with Crippen LogP contribution in [0.5, 0.6) is 0 Å². The maximum Gasteiger partial charge on any atom is 0.406 e. The molecule has 19 heavy (non-hydrogen) atoms. The lowest BCUT2D eigenvalue weighted by Gasteiger charge is -2.38. The third-order valence-electron chi connectivity index (χ3n) is 3.32. The van der Waals surface area contributed by atoms with Crippen molar-refractivity contribution in [3.63, 3.8) is 0 Å². The summed E-state index contributed by atoms with van der Waals surface area (Å²) in [5.74, 6) is -0.648. The van der Waals surface area contributed by atoms with E-state index in [0.29, 0.717) is 31.0 Å². The van der Waals surface area contributed by atoms with Crippen LogP contribution in [0.4, 0.5) is 13.2 Å². The Balaban J connectivity index is 2.84. The maximum atomic E-state index is 12.5. The topological polar surface area (TPSA) is 75.8 Å². The number of carbonyl (C=O) groups excluding carboxylic acids is 1. The molecular formula is C11H19F3N2O3. The van der Waals surface area contributed by atoms with Crippen molar-refractivity contribution < 1.29 is 27.8 Å². The minimum absolute atomic E-state index is 0.0189. The predicted octanol–water partition coefficient (Wildman–Crippen LogP) is 0.125. The molecule has 8 heteroatoms. The van der Waals surface area contributed by atoms with Crippen LogP contribution in [0.1, 0.15) is 12.8 Å². The zero-order valence-electron chi connectivity index (χ0n) is 10.6. The fraction of sp³-hybridized carbons (Fsp3) is 0.909. The molecule has 0 aromatic carbocycles. The van der Waals surface area contributed by atoms with Crippen molar-refractivity contribution in [3.8, 4) is 0 Å². The van der Waals surface area contributed by atoms with Crippen LogP contribution in [0.2, 0.25) is 0 Å². The maximum absolute atomic E-state index is 12.5. The number of hydrogen-bond donors (Lipinski definition) is 2. The lowest BCUT2D eigenvalue weighted by molar-refractivity contribution is -0.171. The normalized spacial score (nSPS) is 19.2. The first-order valence-electron chi connectivity index (χ1n) is 6.09. The van der Waals surface area contributed by atoms with E-state index in [4.69, 9.17) is 15.6 Å². The van der Waals surface area contributed by atoms with Crippen molar-refractivity contribution in [1.82, 2.24) is 4.90 Å². The molecule has 0 spiro atoms. The molecule has 112 valence electrons. The van der Waals surface area contributed by atoms with Crippen LogP contribution >= 0.6 is 0 Å². The first-order valence-corrected chi connectivity index (χ1v) is 6.09. The number of alkyl halides is 3. The van der Waals surface area contributed by atoms with E-state index in [9.17, 15) is 18.0 Å². The van der Waals surface area contributed by atoms with Crippen molar-refractivity contribution in [2.45, 2.75) is 19.0 Å². The molecule has 1 aliphatic heterocycles. The minimum atomic E-state index is -4.49. The Morgan fingerprint density at radius 2 is 1.95 bits per heavy atom. The van der Waals surface area contributed by atoms with Crippen LogP contribution in [-0.2, 0) is 9.53 Å². The van der Waals surface area contributed by atoms with Gasteiger partial charge in [-0.15, -0.1) is 0 Å². The van der Waals surface area contributed by atoms with E-state index >= 15 is 0 Å². The second kappa shape index (κ2) is 6.53. The first-order chi connectivity index (χ1) is 8.84. The summed E-state index contributed by atoms with van der Waals surface area (Å²) in [6.45, 7) is -1.63. The summed E-state index contributed by atoms with van der Waals surface area (Å²) in [5.41, 5.74) is 4.59. The average molecular weight is 284 g/mol. The third-order valence-corrected chi connectivity index (χ3v) is 3.32. The van der Waals surface area contributed by atoms with E-state index in [-0.39, 0.29) is 13.1 Å². The number of amides is 1. The highest BCUT2D eigenvalue weighted by molar-refractivity contribution is 5.83. The van der Waals surface area contributed by atoms with Crippen molar-refractivity contribution in [2.24, 2.45) is 11.1 Å². The summed E-state index contributed by atoms with van der Waals surface area (Å²) in [5, 5.41) is 8.82. The summed E-state index contributed by atoms with van der Waals surface area (Å²) in [7, 11) is 0. The van der Waals surface area contributed by atoms with Crippen LogP contribution in [0, 0.1) is 5.41 Å². The fourth-order valence-electron chi connectivity index (χ4n) is 2.19. The average Bonchev–Trinajstić information content (AvgIpc) is 2.36. The summed E-state index contributed by atoms with van der Waals surface area (Å²) in [6, 6.07) is 0. The molecule has 0 aromatic heterocycles. The van der Waals surface area contributed by atoms with Crippen molar-refractivity contribution in [1.29, 1.82) is 0 Å². The molecule has 1 rings (SSSR count). The van der Waals surface area contributed by atoms with Gasteiger partial charge in [0.1, 0.15) is 6.54 Å². The van der Waals surface area contributed by atoms with Gasteiger partial charge in [0.15, 0.2) is 0 Å². The van der Waals surface area contributed by atoms with E-state index < -0.39 is 30.7 Å². The highest BCUT2D eigenvalue weighted by Crippen LogP contribution is 2.32. The number of nitrogens with zero attached hydrogens (tertiary/aromatic N) is 1. The number of aliphatic hydroxyl groups excluding tert-OH is 1. The molecule has 1 aliphatic rings. The summed E-state index contributed by atoms with van der Waals surface area (Å²) in [6.07, 6.45) is -3.88. The first kappa shape index (κ1) is 16.2. The SMILES string of the molecule is NCC1(C(=O)N(CCO)CC(F)(F)F)CCOCC1. The van der Waals surface area contributed by atoms with Crippen LogP contribution in [-0.4, -0.2) is 61.5 Å².